The van der Waals surface area contributed by atoms with E-state index in [4.69, 9.17) is 4.74 Å². The molecule has 0 bridgehead atoms. The van der Waals surface area contributed by atoms with Crippen molar-refractivity contribution in [2.75, 3.05) is 6.61 Å². The summed E-state index contributed by atoms with van der Waals surface area (Å²) in [5.41, 5.74) is 1.25. The smallest absolute Gasteiger partial charge is 0.333 e. The molecule has 0 fully saturated rings. The summed E-state index contributed by atoms with van der Waals surface area (Å²) in [7, 11) is 0. The average molecular weight is 366 g/mol. The first kappa shape index (κ1) is 22.4. The third-order valence-corrected chi connectivity index (χ3v) is 4.51. The number of ether oxygens (including phenoxy) is 2. The number of carbonyl (C=O) groups excluding carboxylic acids is 2. The number of aliphatic hydroxyl groups is 1. The topological polar surface area (TPSA) is 72.8 Å². The Balaban J connectivity index is 2.35. The van der Waals surface area contributed by atoms with Crippen molar-refractivity contribution in [2.24, 2.45) is 0 Å². The van der Waals surface area contributed by atoms with Gasteiger partial charge in [0.25, 0.3) is 0 Å². The van der Waals surface area contributed by atoms with E-state index >= 15 is 0 Å². The lowest BCUT2D eigenvalue weighted by molar-refractivity contribution is -0.151. The number of carbonyl (C=O) groups is 2. The number of aliphatic hydroxyl groups excluding tert-OH is 1. The molecule has 0 saturated heterocycles. The number of unbranched alkanes of at least 4 members (excludes halogenated alkanes) is 7. The van der Waals surface area contributed by atoms with Crippen LogP contribution in [0.2, 0.25) is 0 Å². The quantitative estimate of drug-likeness (QED) is 0.276. The molecule has 0 saturated carbocycles. The SMILES string of the molecule is CCCCCCCCCC/C(=C\CCC1=CC(=O)OC1O)C(=O)OCC. The van der Waals surface area contributed by atoms with Crippen LogP contribution in [0.15, 0.2) is 23.3 Å². The maximum absolute atomic E-state index is 12.1. The zero-order valence-electron chi connectivity index (χ0n) is 16.3. The zero-order valence-corrected chi connectivity index (χ0v) is 16.3. The monoisotopic (exact) mass is 366 g/mol. The molecule has 0 aromatic rings. The predicted octanol–water partition coefficient (Wildman–Crippen LogP) is 4.59. The van der Waals surface area contributed by atoms with Gasteiger partial charge in [0.1, 0.15) is 0 Å². The number of hydrogen-bond acceptors (Lipinski definition) is 5. The molecule has 1 atom stereocenters. The second kappa shape index (κ2) is 13.6. The fourth-order valence-corrected chi connectivity index (χ4v) is 3.01. The van der Waals surface area contributed by atoms with Gasteiger partial charge in [-0.3, -0.25) is 0 Å². The normalized spacial score (nSPS) is 17.2. The lowest BCUT2D eigenvalue weighted by Crippen LogP contribution is -2.10. The molecule has 1 heterocycles. The summed E-state index contributed by atoms with van der Waals surface area (Å²) in [5, 5.41) is 9.57. The van der Waals surface area contributed by atoms with Gasteiger partial charge in [0.2, 0.25) is 6.29 Å². The maximum Gasteiger partial charge on any atom is 0.333 e. The first-order valence-corrected chi connectivity index (χ1v) is 10.0. The first-order chi connectivity index (χ1) is 12.6. The van der Waals surface area contributed by atoms with E-state index in [0.717, 1.165) is 12.8 Å². The minimum Gasteiger partial charge on any atom is -0.463 e. The van der Waals surface area contributed by atoms with Crippen LogP contribution in [0, 0.1) is 0 Å². The Morgan fingerprint density at radius 2 is 1.81 bits per heavy atom. The van der Waals surface area contributed by atoms with E-state index in [1.807, 2.05) is 6.08 Å². The van der Waals surface area contributed by atoms with Gasteiger partial charge in [0, 0.05) is 17.2 Å². The Labute approximate surface area is 157 Å². The molecule has 1 unspecified atom stereocenters. The fraction of sp³-hybridized carbons (Fsp3) is 0.714. The molecule has 0 radical (unpaired) electrons. The van der Waals surface area contributed by atoms with Crippen LogP contribution in [-0.2, 0) is 19.1 Å². The molecule has 5 heteroatoms. The molecule has 0 aromatic carbocycles. The van der Waals surface area contributed by atoms with Gasteiger partial charge in [-0.15, -0.1) is 0 Å². The molecule has 1 aliphatic rings. The van der Waals surface area contributed by atoms with E-state index in [9.17, 15) is 14.7 Å². The third-order valence-electron chi connectivity index (χ3n) is 4.51. The summed E-state index contributed by atoms with van der Waals surface area (Å²) in [5.74, 6) is -0.773. The van der Waals surface area contributed by atoms with Gasteiger partial charge < -0.3 is 14.6 Å². The number of rotatable bonds is 14. The van der Waals surface area contributed by atoms with Gasteiger partial charge in [-0.1, -0.05) is 57.9 Å². The second-order valence-corrected chi connectivity index (χ2v) is 6.72. The Kier molecular flexibility index (Phi) is 11.7. The van der Waals surface area contributed by atoms with E-state index in [1.165, 1.54) is 44.6 Å². The Bertz CT molecular complexity index is 493. The van der Waals surface area contributed by atoms with Crippen molar-refractivity contribution in [1.82, 2.24) is 0 Å². The zero-order chi connectivity index (χ0) is 19.2. The van der Waals surface area contributed by atoms with Gasteiger partial charge in [-0.05, 0) is 32.6 Å². The van der Waals surface area contributed by atoms with Crippen molar-refractivity contribution in [3.63, 3.8) is 0 Å². The van der Waals surface area contributed by atoms with Crippen LogP contribution >= 0.6 is 0 Å². The molecule has 0 spiro atoms. The summed E-state index contributed by atoms with van der Waals surface area (Å²) in [4.78, 5) is 23.2. The summed E-state index contributed by atoms with van der Waals surface area (Å²) in [6, 6.07) is 0. The van der Waals surface area contributed by atoms with E-state index in [1.54, 1.807) is 6.92 Å². The highest BCUT2D eigenvalue weighted by Crippen LogP contribution is 2.20. The van der Waals surface area contributed by atoms with Crippen molar-refractivity contribution in [1.29, 1.82) is 0 Å². The predicted molar refractivity (Wildman–Crippen MR) is 101 cm³/mol. The average Bonchev–Trinajstić information content (AvgIpc) is 2.93. The molecule has 148 valence electrons. The van der Waals surface area contributed by atoms with Crippen molar-refractivity contribution < 1.29 is 24.2 Å². The van der Waals surface area contributed by atoms with E-state index < -0.39 is 12.3 Å². The minimum atomic E-state index is -1.14. The maximum atomic E-state index is 12.1. The first-order valence-electron chi connectivity index (χ1n) is 10.0. The summed E-state index contributed by atoms with van der Waals surface area (Å²) in [6.07, 6.45) is 13.6. The van der Waals surface area contributed by atoms with Gasteiger partial charge >= 0.3 is 11.9 Å². The number of cyclic esters (lactones) is 1. The van der Waals surface area contributed by atoms with Gasteiger partial charge in [-0.25, -0.2) is 9.59 Å². The highest BCUT2D eigenvalue weighted by molar-refractivity contribution is 5.88. The molecular weight excluding hydrogens is 332 g/mol. The van der Waals surface area contributed by atoms with Crippen LogP contribution in [0.4, 0.5) is 0 Å². The Morgan fingerprint density at radius 3 is 2.38 bits per heavy atom. The highest BCUT2D eigenvalue weighted by Gasteiger charge is 2.22. The molecule has 0 amide bonds. The van der Waals surface area contributed by atoms with Crippen molar-refractivity contribution in [2.45, 2.75) is 90.8 Å². The van der Waals surface area contributed by atoms with Gasteiger partial charge in [-0.2, -0.15) is 0 Å². The lowest BCUT2D eigenvalue weighted by atomic mass is 10.0. The van der Waals surface area contributed by atoms with Crippen molar-refractivity contribution >= 4 is 11.9 Å². The number of esters is 2. The summed E-state index contributed by atoms with van der Waals surface area (Å²) in [6.45, 7) is 4.38. The van der Waals surface area contributed by atoms with Crippen LogP contribution in [0.25, 0.3) is 0 Å². The largest absolute Gasteiger partial charge is 0.463 e. The third kappa shape index (κ3) is 9.18. The van der Waals surface area contributed by atoms with E-state index in [-0.39, 0.29) is 5.97 Å². The highest BCUT2D eigenvalue weighted by atomic mass is 16.6. The van der Waals surface area contributed by atoms with Gasteiger partial charge in [0.05, 0.1) is 6.61 Å². The molecule has 1 aliphatic heterocycles. The number of allylic oxidation sites excluding steroid dienone is 1. The molecule has 5 nitrogen and oxygen atoms in total. The molecular formula is C21H34O5. The minimum absolute atomic E-state index is 0.260. The van der Waals surface area contributed by atoms with Crippen LogP contribution in [0.3, 0.4) is 0 Å². The van der Waals surface area contributed by atoms with Crippen LogP contribution in [-0.4, -0.2) is 29.9 Å². The van der Waals surface area contributed by atoms with Crippen LogP contribution in [0.1, 0.15) is 84.5 Å². The number of hydrogen-bond donors (Lipinski definition) is 1. The standard InChI is InChI=1S/C21H34O5/c1-3-5-6-7-8-9-10-11-13-17(20(23)25-4-2)14-12-15-18-16-19(22)26-21(18)24/h14,16,21,24H,3-13,15H2,1-2H3/b17-14+. The fourth-order valence-electron chi connectivity index (χ4n) is 3.01. The molecule has 0 aromatic heterocycles. The molecule has 0 aliphatic carbocycles. The Morgan fingerprint density at radius 1 is 1.15 bits per heavy atom. The van der Waals surface area contributed by atoms with Crippen LogP contribution in [0.5, 0.6) is 0 Å². The Hall–Kier alpha value is -1.62. The summed E-state index contributed by atoms with van der Waals surface area (Å²) >= 11 is 0. The summed E-state index contributed by atoms with van der Waals surface area (Å²) < 4.78 is 9.79. The second-order valence-electron chi connectivity index (χ2n) is 6.72. The molecule has 1 rings (SSSR count). The van der Waals surface area contributed by atoms with Gasteiger partial charge in [0.15, 0.2) is 0 Å². The molecule has 26 heavy (non-hydrogen) atoms. The lowest BCUT2D eigenvalue weighted by Gasteiger charge is -2.09. The van der Waals surface area contributed by atoms with Crippen molar-refractivity contribution in [3.8, 4) is 0 Å². The molecule has 1 N–H and O–H groups in total. The van der Waals surface area contributed by atoms with E-state index in [0.29, 0.717) is 37.0 Å². The van der Waals surface area contributed by atoms with Crippen LogP contribution < -0.4 is 0 Å². The van der Waals surface area contributed by atoms with Crippen molar-refractivity contribution in [3.05, 3.63) is 23.3 Å². The van der Waals surface area contributed by atoms with E-state index in [2.05, 4.69) is 11.7 Å².